The Morgan fingerprint density at radius 3 is 2.25 bits per heavy atom. The minimum Gasteiger partial charge on any atom is -0.379 e. The SMILES string of the molecule is NC1CCN(CCN2CCC(N3CCOCC3)C2)CC1. The number of nitrogens with zero attached hydrogens (tertiary/aromatic N) is 3. The van der Waals surface area contributed by atoms with Crippen molar-refractivity contribution in [2.45, 2.75) is 31.3 Å². The van der Waals surface area contributed by atoms with Gasteiger partial charge in [-0.25, -0.2) is 0 Å². The second kappa shape index (κ2) is 7.18. The number of hydrogen-bond acceptors (Lipinski definition) is 5. The lowest BCUT2D eigenvalue weighted by atomic mass is 10.1. The summed E-state index contributed by atoms with van der Waals surface area (Å²) in [6.45, 7) is 11.5. The minimum atomic E-state index is 0.448. The quantitative estimate of drug-likeness (QED) is 0.775. The molecule has 1 atom stereocenters. The molecule has 0 aromatic rings. The molecule has 20 heavy (non-hydrogen) atoms. The summed E-state index contributed by atoms with van der Waals surface area (Å²) in [6.07, 6.45) is 3.69. The van der Waals surface area contributed by atoms with Gasteiger partial charge in [-0.05, 0) is 38.9 Å². The first-order valence-electron chi connectivity index (χ1n) is 8.33. The van der Waals surface area contributed by atoms with Crippen molar-refractivity contribution in [3.05, 3.63) is 0 Å². The Hall–Kier alpha value is -0.200. The van der Waals surface area contributed by atoms with Crippen LogP contribution in [0.15, 0.2) is 0 Å². The zero-order chi connectivity index (χ0) is 13.8. The van der Waals surface area contributed by atoms with Crippen molar-refractivity contribution in [3.63, 3.8) is 0 Å². The molecular weight excluding hydrogens is 252 g/mol. The summed E-state index contributed by atoms with van der Waals surface area (Å²) in [5.74, 6) is 0. The van der Waals surface area contributed by atoms with E-state index in [4.69, 9.17) is 10.5 Å². The third-order valence-corrected chi connectivity index (χ3v) is 5.17. The molecule has 0 aliphatic carbocycles. The Labute approximate surface area is 123 Å². The summed E-state index contributed by atoms with van der Waals surface area (Å²) in [5, 5.41) is 0. The summed E-state index contributed by atoms with van der Waals surface area (Å²) in [7, 11) is 0. The van der Waals surface area contributed by atoms with Crippen LogP contribution in [0.1, 0.15) is 19.3 Å². The maximum Gasteiger partial charge on any atom is 0.0594 e. The third kappa shape index (κ3) is 3.92. The Balaban J connectivity index is 1.35. The first-order valence-corrected chi connectivity index (χ1v) is 8.33. The Bertz CT molecular complexity index is 288. The predicted octanol–water partition coefficient (Wildman–Crippen LogP) is -0.184. The lowest BCUT2D eigenvalue weighted by Crippen LogP contribution is -2.45. The van der Waals surface area contributed by atoms with Gasteiger partial charge < -0.3 is 20.3 Å². The third-order valence-electron chi connectivity index (χ3n) is 5.17. The van der Waals surface area contributed by atoms with Crippen molar-refractivity contribution in [2.24, 2.45) is 5.73 Å². The van der Waals surface area contributed by atoms with Crippen LogP contribution in [-0.2, 0) is 4.74 Å². The van der Waals surface area contributed by atoms with Crippen molar-refractivity contribution in [1.82, 2.24) is 14.7 Å². The van der Waals surface area contributed by atoms with E-state index in [1.165, 1.54) is 58.5 Å². The van der Waals surface area contributed by atoms with Crippen molar-refractivity contribution in [2.75, 3.05) is 65.6 Å². The Morgan fingerprint density at radius 1 is 0.850 bits per heavy atom. The maximum absolute atomic E-state index is 5.96. The number of likely N-dealkylation sites (tertiary alicyclic amines) is 2. The standard InChI is InChI=1S/C15H30N4O/c16-14-1-4-17(5-2-14)7-8-18-6-3-15(13-18)19-9-11-20-12-10-19/h14-15H,1-13,16H2. The fourth-order valence-corrected chi connectivity index (χ4v) is 3.72. The highest BCUT2D eigenvalue weighted by Crippen LogP contribution is 2.17. The average molecular weight is 282 g/mol. The van der Waals surface area contributed by atoms with Crippen LogP contribution in [0.2, 0.25) is 0 Å². The topological polar surface area (TPSA) is 45.0 Å². The monoisotopic (exact) mass is 282 g/mol. The van der Waals surface area contributed by atoms with E-state index in [2.05, 4.69) is 14.7 Å². The molecule has 0 aromatic heterocycles. The first-order chi connectivity index (χ1) is 9.81. The fraction of sp³-hybridized carbons (Fsp3) is 1.00. The van der Waals surface area contributed by atoms with E-state index in [0.29, 0.717) is 6.04 Å². The zero-order valence-electron chi connectivity index (χ0n) is 12.7. The van der Waals surface area contributed by atoms with Crippen molar-refractivity contribution in [3.8, 4) is 0 Å². The molecule has 0 radical (unpaired) electrons. The zero-order valence-corrected chi connectivity index (χ0v) is 12.7. The van der Waals surface area contributed by atoms with Gasteiger partial charge in [-0.2, -0.15) is 0 Å². The number of nitrogens with two attached hydrogens (primary N) is 1. The number of piperidine rings is 1. The van der Waals surface area contributed by atoms with Gasteiger partial charge in [0.25, 0.3) is 0 Å². The Kier molecular flexibility index (Phi) is 5.29. The second-order valence-electron chi connectivity index (χ2n) is 6.57. The predicted molar refractivity (Wildman–Crippen MR) is 80.9 cm³/mol. The molecule has 1 unspecified atom stereocenters. The molecule has 3 aliphatic heterocycles. The smallest absolute Gasteiger partial charge is 0.0594 e. The highest BCUT2D eigenvalue weighted by molar-refractivity contribution is 4.85. The molecule has 0 aromatic carbocycles. The summed E-state index contributed by atoms with van der Waals surface area (Å²) in [6, 6.07) is 1.22. The van der Waals surface area contributed by atoms with Gasteiger partial charge in [0.05, 0.1) is 13.2 Å². The van der Waals surface area contributed by atoms with Crippen LogP contribution < -0.4 is 5.73 Å². The van der Waals surface area contributed by atoms with Crippen LogP contribution in [0, 0.1) is 0 Å². The van der Waals surface area contributed by atoms with Crippen LogP contribution >= 0.6 is 0 Å². The maximum atomic E-state index is 5.96. The molecule has 3 saturated heterocycles. The van der Waals surface area contributed by atoms with Gasteiger partial charge >= 0.3 is 0 Å². The number of rotatable bonds is 4. The van der Waals surface area contributed by atoms with Gasteiger partial charge in [0.2, 0.25) is 0 Å². The normalized spacial score (nSPS) is 31.9. The molecule has 0 spiro atoms. The van der Waals surface area contributed by atoms with Gasteiger partial charge in [-0.1, -0.05) is 0 Å². The number of hydrogen-bond donors (Lipinski definition) is 1. The molecule has 5 nitrogen and oxygen atoms in total. The summed E-state index contributed by atoms with van der Waals surface area (Å²) in [4.78, 5) is 7.86. The van der Waals surface area contributed by atoms with E-state index < -0.39 is 0 Å². The molecule has 116 valence electrons. The van der Waals surface area contributed by atoms with Crippen molar-refractivity contribution < 1.29 is 4.74 Å². The van der Waals surface area contributed by atoms with Gasteiger partial charge in [-0.3, -0.25) is 4.90 Å². The molecule has 5 heteroatoms. The molecule has 0 bridgehead atoms. The minimum absolute atomic E-state index is 0.448. The van der Waals surface area contributed by atoms with Crippen LogP contribution in [0.25, 0.3) is 0 Å². The number of morpholine rings is 1. The molecule has 3 fully saturated rings. The van der Waals surface area contributed by atoms with Crippen LogP contribution in [0.3, 0.4) is 0 Å². The lowest BCUT2D eigenvalue weighted by Gasteiger charge is -2.33. The van der Waals surface area contributed by atoms with Crippen LogP contribution in [0.5, 0.6) is 0 Å². The van der Waals surface area contributed by atoms with E-state index in [0.717, 1.165) is 32.3 Å². The second-order valence-corrected chi connectivity index (χ2v) is 6.57. The summed E-state index contributed by atoms with van der Waals surface area (Å²) in [5.41, 5.74) is 5.96. The summed E-state index contributed by atoms with van der Waals surface area (Å²) >= 11 is 0. The van der Waals surface area contributed by atoms with Gasteiger partial charge in [0.15, 0.2) is 0 Å². The van der Waals surface area contributed by atoms with Crippen LogP contribution in [0.4, 0.5) is 0 Å². The first kappa shape index (κ1) is 14.7. The highest BCUT2D eigenvalue weighted by atomic mass is 16.5. The van der Waals surface area contributed by atoms with Crippen molar-refractivity contribution >= 4 is 0 Å². The molecule has 0 amide bonds. The molecule has 3 rings (SSSR count). The molecule has 3 heterocycles. The average Bonchev–Trinajstić information content (AvgIpc) is 2.97. The molecule has 3 aliphatic rings. The Morgan fingerprint density at radius 2 is 1.50 bits per heavy atom. The van der Waals surface area contributed by atoms with E-state index in [9.17, 15) is 0 Å². The van der Waals surface area contributed by atoms with E-state index >= 15 is 0 Å². The van der Waals surface area contributed by atoms with E-state index in [1.807, 2.05) is 0 Å². The van der Waals surface area contributed by atoms with E-state index in [1.54, 1.807) is 0 Å². The summed E-state index contributed by atoms with van der Waals surface area (Å²) < 4.78 is 5.45. The van der Waals surface area contributed by atoms with Gasteiger partial charge in [0, 0.05) is 44.8 Å². The number of ether oxygens (including phenoxy) is 1. The van der Waals surface area contributed by atoms with Crippen molar-refractivity contribution in [1.29, 1.82) is 0 Å². The molecular formula is C15H30N4O. The van der Waals surface area contributed by atoms with Gasteiger partial charge in [0.1, 0.15) is 0 Å². The van der Waals surface area contributed by atoms with Gasteiger partial charge in [-0.15, -0.1) is 0 Å². The highest BCUT2D eigenvalue weighted by Gasteiger charge is 2.28. The fourth-order valence-electron chi connectivity index (χ4n) is 3.72. The van der Waals surface area contributed by atoms with Crippen LogP contribution in [-0.4, -0.2) is 92.4 Å². The lowest BCUT2D eigenvalue weighted by molar-refractivity contribution is 0.0183. The molecule has 0 saturated carbocycles. The van der Waals surface area contributed by atoms with E-state index in [-0.39, 0.29) is 0 Å². The molecule has 2 N–H and O–H groups in total. The largest absolute Gasteiger partial charge is 0.379 e.